The minimum Gasteiger partial charge on any atom is -0.0993 e. The van der Waals surface area contributed by atoms with E-state index in [9.17, 15) is 0 Å². The maximum Gasteiger partial charge on any atom is -0.00416 e. The molecule has 2 aromatic carbocycles. The third-order valence-electron chi connectivity index (χ3n) is 8.46. The average molecular weight is 489 g/mol. The summed E-state index contributed by atoms with van der Waals surface area (Å²) in [4.78, 5) is 0. The first kappa shape index (κ1) is 26.9. The van der Waals surface area contributed by atoms with Crippen molar-refractivity contribution in [2.24, 2.45) is 17.3 Å². The van der Waals surface area contributed by atoms with E-state index in [1.54, 1.807) is 0 Å². The first-order chi connectivity index (χ1) is 17.8. The summed E-state index contributed by atoms with van der Waals surface area (Å²) in [6, 6.07) is 17.9. The summed E-state index contributed by atoms with van der Waals surface area (Å²) in [6.07, 6.45) is 20.5. The zero-order chi connectivity index (χ0) is 26.4. The maximum atomic E-state index is 4.56. The van der Waals surface area contributed by atoms with E-state index in [1.807, 2.05) is 0 Å². The summed E-state index contributed by atoms with van der Waals surface area (Å²) in [5.41, 5.74) is 11.1. The molecule has 0 radical (unpaired) electrons. The lowest BCUT2D eigenvalue weighted by atomic mass is 9.84. The van der Waals surface area contributed by atoms with Gasteiger partial charge in [-0.05, 0) is 110 Å². The van der Waals surface area contributed by atoms with E-state index in [-0.39, 0.29) is 0 Å². The van der Waals surface area contributed by atoms with Gasteiger partial charge in [-0.2, -0.15) is 0 Å². The largest absolute Gasteiger partial charge is 0.0993 e. The highest BCUT2D eigenvalue weighted by molar-refractivity contribution is 5.60. The Hall–Kier alpha value is -3.12. The summed E-state index contributed by atoms with van der Waals surface area (Å²) in [5.74, 6) is 0.931. The molecule has 1 fully saturated rings. The van der Waals surface area contributed by atoms with Gasteiger partial charge in [-0.3, -0.25) is 0 Å². The normalized spacial score (nSPS) is 19.2. The highest BCUT2D eigenvalue weighted by atomic mass is 14.5. The molecule has 2 aliphatic carbocycles. The van der Waals surface area contributed by atoms with Gasteiger partial charge in [0.05, 0.1) is 0 Å². The van der Waals surface area contributed by atoms with Gasteiger partial charge in [-0.25, -0.2) is 0 Å². The lowest BCUT2D eigenvalue weighted by Crippen LogP contribution is -2.10. The molecule has 0 N–H and O–H groups in total. The van der Waals surface area contributed by atoms with Gasteiger partial charge in [0.2, 0.25) is 0 Å². The molecule has 4 rings (SSSR count). The van der Waals surface area contributed by atoms with Crippen molar-refractivity contribution in [1.29, 1.82) is 0 Å². The van der Waals surface area contributed by atoms with Gasteiger partial charge in [-0.1, -0.05) is 116 Å². The van der Waals surface area contributed by atoms with Crippen LogP contribution < -0.4 is 0 Å². The van der Waals surface area contributed by atoms with E-state index in [4.69, 9.17) is 0 Å². The molecule has 192 valence electrons. The number of hydrogen-bond acceptors (Lipinski definition) is 0. The Balaban J connectivity index is 1.30. The molecule has 2 aromatic rings. The number of hydrogen-bond donors (Lipinski definition) is 0. The van der Waals surface area contributed by atoms with Crippen LogP contribution in [0.3, 0.4) is 0 Å². The molecule has 0 spiro atoms. The zero-order valence-electron chi connectivity index (χ0n) is 23.4. The molecule has 0 amide bonds. The molecule has 1 saturated carbocycles. The van der Waals surface area contributed by atoms with Crippen molar-refractivity contribution in [3.8, 4) is 0 Å². The maximum absolute atomic E-state index is 4.56. The van der Waals surface area contributed by atoms with Crippen LogP contribution in [-0.2, 0) is 12.8 Å². The third-order valence-corrected chi connectivity index (χ3v) is 8.46. The minimum absolute atomic E-state index is 0.325. The van der Waals surface area contributed by atoms with Crippen molar-refractivity contribution in [1.82, 2.24) is 0 Å². The summed E-state index contributed by atoms with van der Waals surface area (Å²) in [7, 11) is 0. The van der Waals surface area contributed by atoms with Crippen LogP contribution >= 0.6 is 0 Å². The van der Waals surface area contributed by atoms with Crippen LogP contribution in [0.25, 0.3) is 6.08 Å². The van der Waals surface area contributed by atoms with Gasteiger partial charge < -0.3 is 0 Å². The van der Waals surface area contributed by atoms with Crippen molar-refractivity contribution in [2.75, 3.05) is 0 Å². The molecule has 0 heterocycles. The fraction of sp³-hybridized carbons (Fsp3) is 0.351. The van der Waals surface area contributed by atoms with E-state index >= 15 is 0 Å². The van der Waals surface area contributed by atoms with E-state index in [2.05, 4.69) is 126 Å². The van der Waals surface area contributed by atoms with Crippen LogP contribution in [-0.4, -0.2) is 0 Å². The molecule has 2 unspecified atom stereocenters. The van der Waals surface area contributed by atoms with Gasteiger partial charge >= 0.3 is 0 Å². The molecule has 2 aliphatic rings. The fourth-order valence-electron chi connectivity index (χ4n) is 5.58. The fourth-order valence-corrected chi connectivity index (χ4v) is 5.58. The summed E-state index contributed by atoms with van der Waals surface area (Å²) in [5, 5.41) is 0. The minimum atomic E-state index is 0.325. The quantitative estimate of drug-likeness (QED) is 0.218. The SMILES string of the molecule is C=C(C(C)=Cc1ccccc1C)C(C)Cc1ccc(CC2(C(=C)CCC3C=CC=CC(C)=C3)CC2)cc1. The highest BCUT2D eigenvalue weighted by Crippen LogP contribution is 2.55. The van der Waals surface area contributed by atoms with Crippen LogP contribution in [0, 0.1) is 24.2 Å². The summed E-state index contributed by atoms with van der Waals surface area (Å²) in [6.45, 7) is 17.9. The Morgan fingerprint density at radius 1 is 1.00 bits per heavy atom. The smallest absolute Gasteiger partial charge is 0.00416 e. The van der Waals surface area contributed by atoms with Crippen molar-refractivity contribution in [3.05, 3.63) is 137 Å². The summed E-state index contributed by atoms with van der Waals surface area (Å²) >= 11 is 0. The topological polar surface area (TPSA) is 0 Å². The highest BCUT2D eigenvalue weighted by Gasteiger charge is 2.44. The van der Waals surface area contributed by atoms with Crippen molar-refractivity contribution < 1.29 is 0 Å². The van der Waals surface area contributed by atoms with E-state index in [1.165, 1.54) is 57.4 Å². The number of benzene rings is 2. The summed E-state index contributed by atoms with van der Waals surface area (Å²) < 4.78 is 0. The van der Waals surface area contributed by atoms with E-state index in [0.29, 0.717) is 17.3 Å². The van der Waals surface area contributed by atoms with E-state index in [0.717, 1.165) is 25.7 Å². The third kappa shape index (κ3) is 7.22. The first-order valence-corrected chi connectivity index (χ1v) is 14.0. The number of allylic oxidation sites excluding steroid dienone is 9. The molecule has 0 saturated heterocycles. The van der Waals surface area contributed by atoms with Crippen LogP contribution in [0.1, 0.15) is 68.7 Å². The Labute approximate surface area is 225 Å². The Kier molecular flexibility index (Phi) is 8.70. The van der Waals surface area contributed by atoms with Crippen molar-refractivity contribution >= 4 is 6.08 Å². The Bertz CT molecular complexity index is 1240. The van der Waals surface area contributed by atoms with Crippen molar-refractivity contribution in [2.45, 2.75) is 66.2 Å². The van der Waals surface area contributed by atoms with Gasteiger partial charge in [-0.15, -0.1) is 0 Å². The lowest BCUT2D eigenvalue weighted by Gasteiger charge is -2.20. The molecule has 0 heteroatoms. The lowest BCUT2D eigenvalue weighted by molar-refractivity contribution is 0.552. The molecule has 0 nitrogen and oxygen atoms in total. The molecule has 0 aliphatic heterocycles. The zero-order valence-corrected chi connectivity index (χ0v) is 23.4. The molecular weight excluding hydrogens is 444 g/mol. The van der Waals surface area contributed by atoms with Gasteiger partial charge in [0.15, 0.2) is 0 Å². The standard InChI is InChI=1S/C37H44/c1-27-11-7-9-13-33(23-27)16-15-31(5)37(21-22-37)26-35-19-17-34(18-20-35)24-29(3)32(6)30(4)25-36-14-10-8-12-28(36)2/h7-14,17-20,23,25,29,33H,5-6,15-16,21-22,24,26H2,1-4H3. The Morgan fingerprint density at radius 3 is 2.41 bits per heavy atom. The molecule has 2 atom stereocenters. The van der Waals surface area contributed by atoms with Crippen LogP contribution in [0.4, 0.5) is 0 Å². The van der Waals surface area contributed by atoms with Crippen LogP contribution in [0.15, 0.2) is 114 Å². The average Bonchev–Trinajstić information content (AvgIpc) is 3.69. The molecule has 0 aromatic heterocycles. The van der Waals surface area contributed by atoms with Crippen molar-refractivity contribution in [3.63, 3.8) is 0 Å². The second kappa shape index (κ2) is 12.0. The van der Waals surface area contributed by atoms with Gasteiger partial charge in [0.1, 0.15) is 0 Å². The van der Waals surface area contributed by atoms with Crippen LogP contribution in [0.5, 0.6) is 0 Å². The molecule has 37 heavy (non-hydrogen) atoms. The van der Waals surface area contributed by atoms with Gasteiger partial charge in [0, 0.05) is 0 Å². The monoisotopic (exact) mass is 488 g/mol. The van der Waals surface area contributed by atoms with Crippen LogP contribution in [0.2, 0.25) is 0 Å². The second-order valence-corrected chi connectivity index (χ2v) is 11.5. The second-order valence-electron chi connectivity index (χ2n) is 11.5. The Morgan fingerprint density at radius 2 is 1.70 bits per heavy atom. The van der Waals surface area contributed by atoms with E-state index < -0.39 is 0 Å². The predicted molar refractivity (Wildman–Crippen MR) is 163 cm³/mol. The first-order valence-electron chi connectivity index (χ1n) is 14.0. The molecule has 0 bridgehead atoms. The number of aryl methyl sites for hydroxylation is 1. The molecular formula is C37H44. The van der Waals surface area contributed by atoms with Gasteiger partial charge in [0.25, 0.3) is 0 Å². The predicted octanol–water partition coefficient (Wildman–Crippen LogP) is 10.2. The number of rotatable bonds is 11.